The summed E-state index contributed by atoms with van der Waals surface area (Å²) in [6.45, 7) is 8.24. The summed E-state index contributed by atoms with van der Waals surface area (Å²) in [5.74, 6) is 0. The van der Waals surface area contributed by atoms with Gasteiger partial charge in [0.2, 0.25) is 0 Å². The maximum absolute atomic E-state index is 12.4. The second-order valence-corrected chi connectivity index (χ2v) is 6.57. The minimum atomic E-state index is -0.450. The first-order valence-corrected chi connectivity index (χ1v) is 7.70. The molecule has 1 aliphatic heterocycles. The molecular weight excluding hydrogens is 264 g/mol. The van der Waals surface area contributed by atoms with Crippen molar-refractivity contribution in [3.8, 4) is 0 Å². The van der Waals surface area contributed by atoms with Gasteiger partial charge in [0.25, 0.3) is 0 Å². The minimum absolute atomic E-state index is 0.143. The zero-order valence-electron chi connectivity index (χ0n) is 13.3. The summed E-state index contributed by atoms with van der Waals surface area (Å²) in [5.41, 5.74) is 0.799. The SMILES string of the molecule is CC(C)(C)OC(=O)N1CCCNC[C@H]1Cc1ccccc1. The fourth-order valence-electron chi connectivity index (χ4n) is 2.57. The van der Waals surface area contributed by atoms with Gasteiger partial charge in [-0.1, -0.05) is 30.3 Å². The minimum Gasteiger partial charge on any atom is -0.444 e. The van der Waals surface area contributed by atoms with Crippen molar-refractivity contribution in [3.05, 3.63) is 35.9 Å². The van der Waals surface area contributed by atoms with Gasteiger partial charge in [0, 0.05) is 13.1 Å². The zero-order chi connectivity index (χ0) is 15.3. The Hall–Kier alpha value is -1.55. The first-order chi connectivity index (χ1) is 9.96. The Kier molecular flexibility index (Phi) is 5.23. The van der Waals surface area contributed by atoms with Crippen LogP contribution in [0.25, 0.3) is 0 Å². The number of carbonyl (C=O) groups excluding carboxylic acids is 1. The van der Waals surface area contributed by atoms with Crippen LogP contribution in [0.4, 0.5) is 4.79 Å². The number of rotatable bonds is 2. The number of benzene rings is 1. The first-order valence-electron chi connectivity index (χ1n) is 7.70. The number of hydrogen-bond acceptors (Lipinski definition) is 3. The first kappa shape index (κ1) is 15.8. The molecule has 1 amide bonds. The molecular formula is C17H26N2O2. The third-order valence-electron chi connectivity index (χ3n) is 3.52. The molecule has 0 saturated carbocycles. The Bertz CT molecular complexity index is 454. The van der Waals surface area contributed by atoms with E-state index >= 15 is 0 Å². The lowest BCUT2D eigenvalue weighted by atomic mass is 10.0. The molecule has 0 spiro atoms. The van der Waals surface area contributed by atoms with Crippen LogP contribution in [0.2, 0.25) is 0 Å². The van der Waals surface area contributed by atoms with Crippen LogP contribution in [0.1, 0.15) is 32.8 Å². The maximum Gasteiger partial charge on any atom is 0.410 e. The van der Waals surface area contributed by atoms with Crippen molar-refractivity contribution in [1.82, 2.24) is 10.2 Å². The van der Waals surface area contributed by atoms with Crippen molar-refractivity contribution in [3.63, 3.8) is 0 Å². The molecule has 116 valence electrons. The molecule has 21 heavy (non-hydrogen) atoms. The predicted octanol–water partition coefficient (Wildman–Crippen LogP) is 2.83. The molecule has 1 aromatic carbocycles. The van der Waals surface area contributed by atoms with E-state index in [0.717, 1.165) is 32.5 Å². The van der Waals surface area contributed by atoms with Gasteiger partial charge in [0.05, 0.1) is 6.04 Å². The van der Waals surface area contributed by atoms with Crippen LogP contribution in [0, 0.1) is 0 Å². The number of amides is 1. The molecule has 0 unspecified atom stereocenters. The molecule has 4 heteroatoms. The van der Waals surface area contributed by atoms with Gasteiger partial charge >= 0.3 is 6.09 Å². The van der Waals surface area contributed by atoms with Crippen LogP contribution in [0.5, 0.6) is 0 Å². The molecule has 1 saturated heterocycles. The molecule has 1 aliphatic rings. The second kappa shape index (κ2) is 6.94. The van der Waals surface area contributed by atoms with E-state index in [1.54, 1.807) is 0 Å². The lowest BCUT2D eigenvalue weighted by Crippen LogP contribution is -2.47. The molecule has 1 atom stereocenters. The highest BCUT2D eigenvalue weighted by Crippen LogP contribution is 2.16. The van der Waals surface area contributed by atoms with Crippen LogP contribution < -0.4 is 5.32 Å². The number of hydrogen-bond donors (Lipinski definition) is 1. The number of nitrogens with one attached hydrogen (secondary N) is 1. The van der Waals surface area contributed by atoms with Crippen LogP contribution >= 0.6 is 0 Å². The van der Waals surface area contributed by atoms with Crippen LogP contribution in [-0.4, -0.2) is 42.3 Å². The summed E-state index contributed by atoms with van der Waals surface area (Å²) in [5, 5.41) is 3.42. The Balaban J connectivity index is 2.08. The predicted molar refractivity (Wildman–Crippen MR) is 84.4 cm³/mol. The van der Waals surface area contributed by atoms with Gasteiger partial charge in [0.1, 0.15) is 5.60 Å². The molecule has 2 rings (SSSR count). The molecule has 4 nitrogen and oxygen atoms in total. The van der Waals surface area contributed by atoms with Crippen molar-refractivity contribution in [1.29, 1.82) is 0 Å². The molecule has 1 heterocycles. The van der Waals surface area contributed by atoms with E-state index in [0.29, 0.717) is 0 Å². The third kappa shape index (κ3) is 5.05. The van der Waals surface area contributed by atoms with Gasteiger partial charge in [-0.15, -0.1) is 0 Å². The van der Waals surface area contributed by atoms with Crippen LogP contribution in [0.15, 0.2) is 30.3 Å². The van der Waals surface area contributed by atoms with Gasteiger partial charge < -0.3 is 15.0 Å². The molecule has 1 fully saturated rings. The van der Waals surface area contributed by atoms with Gasteiger partial charge in [-0.05, 0) is 45.7 Å². The van der Waals surface area contributed by atoms with E-state index in [4.69, 9.17) is 4.74 Å². The van der Waals surface area contributed by atoms with E-state index in [-0.39, 0.29) is 12.1 Å². The Morgan fingerprint density at radius 2 is 2.05 bits per heavy atom. The lowest BCUT2D eigenvalue weighted by molar-refractivity contribution is 0.0177. The lowest BCUT2D eigenvalue weighted by Gasteiger charge is -2.32. The highest BCUT2D eigenvalue weighted by Gasteiger charge is 2.29. The normalized spacial score (nSPS) is 20.0. The van der Waals surface area contributed by atoms with Gasteiger partial charge in [-0.25, -0.2) is 4.79 Å². The van der Waals surface area contributed by atoms with Gasteiger partial charge in [0.15, 0.2) is 0 Å². The van der Waals surface area contributed by atoms with E-state index < -0.39 is 5.60 Å². The van der Waals surface area contributed by atoms with Crippen molar-refractivity contribution in [2.24, 2.45) is 0 Å². The smallest absolute Gasteiger partial charge is 0.410 e. The standard InChI is InChI=1S/C17H26N2O2/c1-17(2,3)21-16(20)19-11-7-10-18-13-15(19)12-14-8-5-4-6-9-14/h4-6,8-9,15,18H,7,10-13H2,1-3H3/t15-/m1/s1. The topological polar surface area (TPSA) is 41.6 Å². The Labute approximate surface area is 127 Å². The quantitative estimate of drug-likeness (QED) is 0.910. The summed E-state index contributed by atoms with van der Waals surface area (Å²) in [4.78, 5) is 14.3. The number of ether oxygens (including phenoxy) is 1. The molecule has 0 radical (unpaired) electrons. The van der Waals surface area contributed by atoms with Crippen molar-refractivity contribution < 1.29 is 9.53 Å². The second-order valence-electron chi connectivity index (χ2n) is 6.57. The summed E-state index contributed by atoms with van der Waals surface area (Å²) in [6, 6.07) is 10.5. The molecule has 0 aliphatic carbocycles. The van der Waals surface area contributed by atoms with E-state index in [2.05, 4.69) is 17.4 Å². The van der Waals surface area contributed by atoms with Crippen LogP contribution in [0.3, 0.4) is 0 Å². The van der Waals surface area contributed by atoms with Crippen molar-refractivity contribution >= 4 is 6.09 Å². The highest BCUT2D eigenvalue weighted by molar-refractivity contribution is 5.68. The fraction of sp³-hybridized carbons (Fsp3) is 0.588. The number of carbonyl (C=O) groups is 1. The molecule has 0 aromatic heterocycles. The number of nitrogens with zero attached hydrogens (tertiary/aromatic N) is 1. The fourth-order valence-corrected chi connectivity index (χ4v) is 2.57. The molecule has 1 aromatic rings. The summed E-state index contributed by atoms with van der Waals surface area (Å²) in [7, 11) is 0. The van der Waals surface area contributed by atoms with E-state index in [9.17, 15) is 4.79 Å². The van der Waals surface area contributed by atoms with E-state index in [1.165, 1.54) is 5.56 Å². The molecule has 0 bridgehead atoms. The van der Waals surface area contributed by atoms with Crippen LogP contribution in [-0.2, 0) is 11.2 Å². The highest BCUT2D eigenvalue weighted by atomic mass is 16.6. The maximum atomic E-state index is 12.4. The van der Waals surface area contributed by atoms with Gasteiger partial charge in [-0.3, -0.25) is 0 Å². The summed E-state index contributed by atoms with van der Waals surface area (Å²) in [6.07, 6.45) is 1.62. The Morgan fingerprint density at radius 3 is 2.71 bits per heavy atom. The Morgan fingerprint density at radius 1 is 1.33 bits per heavy atom. The monoisotopic (exact) mass is 290 g/mol. The largest absolute Gasteiger partial charge is 0.444 e. The average Bonchev–Trinajstić information content (AvgIpc) is 2.63. The molecule has 1 N–H and O–H groups in total. The zero-order valence-corrected chi connectivity index (χ0v) is 13.3. The third-order valence-corrected chi connectivity index (χ3v) is 3.52. The van der Waals surface area contributed by atoms with Crippen molar-refractivity contribution in [2.75, 3.05) is 19.6 Å². The van der Waals surface area contributed by atoms with E-state index in [1.807, 2.05) is 43.9 Å². The summed E-state index contributed by atoms with van der Waals surface area (Å²) >= 11 is 0. The average molecular weight is 290 g/mol. The van der Waals surface area contributed by atoms with Gasteiger partial charge in [-0.2, -0.15) is 0 Å². The van der Waals surface area contributed by atoms with Crippen molar-refractivity contribution in [2.45, 2.75) is 45.3 Å². The summed E-state index contributed by atoms with van der Waals surface area (Å²) < 4.78 is 5.56.